The maximum Gasteiger partial charge on any atom is 0.161 e. The molecule has 0 aliphatic heterocycles. The maximum absolute atomic E-state index is 5.87. The zero-order chi connectivity index (χ0) is 15.1. The third kappa shape index (κ3) is 4.23. The Morgan fingerprint density at radius 1 is 1.29 bits per heavy atom. The van der Waals surface area contributed by atoms with Crippen LogP contribution in [0.15, 0.2) is 30.6 Å². The van der Waals surface area contributed by atoms with Crippen molar-refractivity contribution in [2.24, 2.45) is 7.05 Å². The van der Waals surface area contributed by atoms with Gasteiger partial charge in [0, 0.05) is 32.4 Å². The molecule has 0 unspecified atom stereocenters. The van der Waals surface area contributed by atoms with Crippen LogP contribution in [0.4, 0.5) is 0 Å². The fourth-order valence-electron chi connectivity index (χ4n) is 2.10. The quantitative estimate of drug-likeness (QED) is 0.809. The number of benzene rings is 1. The first-order chi connectivity index (χ1) is 10.2. The number of hydrogen-bond acceptors (Lipinski definition) is 4. The minimum Gasteiger partial charge on any atom is -0.493 e. The Balaban J connectivity index is 1.98. The van der Waals surface area contributed by atoms with E-state index in [0.29, 0.717) is 6.61 Å². The van der Waals surface area contributed by atoms with Gasteiger partial charge in [0.25, 0.3) is 0 Å². The van der Waals surface area contributed by atoms with Crippen molar-refractivity contribution in [1.82, 2.24) is 14.9 Å². The predicted molar refractivity (Wildman–Crippen MR) is 82.8 cm³/mol. The van der Waals surface area contributed by atoms with Crippen molar-refractivity contribution in [3.05, 3.63) is 42.0 Å². The number of nitrogens with one attached hydrogen (secondary N) is 1. The lowest BCUT2D eigenvalue weighted by Gasteiger charge is -2.12. The zero-order valence-electron chi connectivity index (χ0n) is 12.9. The van der Waals surface area contributed by atoms with Crippen molar-refractivity contribution in [2.75, 3.05) is 20.3 Å². The molecule has 2 rings (SSSR count). The molecule has 1 heterocycles. The predicted octanol–water partition coefficient (Wildman–Crippen LogP) is 2.16. The first-order valence-corrected chi connectivity index (χ1v) is 7.21. The molecular formula is C16H23N3O2. The second-order valence-corrected chi connectivity index (χ2v) is 4.82. The molecule has 1 aromatic heterocycles. The SMILES string of the molecule is CCNCc1ccc(OC)c(OCCc2nccn2C)c1. The molecule has 0 aliphatic carbocycles. The number of aromatic nitrogens is 2. The molecule has 0 bridgehead atoms. The summed E-state index contributed by atoms with van der Waals surface area (Å²) in [4.78, 5) is 4.29. The number of ether oxygens (including phenoxy) is 2. The maximum atomic E-state index is 5.87. The molecule has 0 aliphatic rings. The summed E-state index contributed by atoms with van der Waals surface area (Å²) in [6.45, 7) is 4.44. The highest BCUT2D eigenvalue weighted by Gasteiger charge is 2.07. The van der Waals surface area contributed by atoms with E-state index in [2.05, 4.69) is 17.2 Å². The van der Waals surface area contributed by atoms with Crippen molar-refractivity contribution < 1.29 is 9.47 Å². The fourth-order valence-corrected chi connectivity index (χ4v) is 2.10. The molecule has 0 atom stereocenters. The summed E-state index contributed by atoms with van der Waals surface area (Å²) in [5, 5.41) is 3.31. The highest BCUT2D eigenvalue weighted by atomic mass is 16.5. The van der Waals surface area contributed by atoms with E-state index < -0.39 is 0 Å². The van der Waals surface area contributed by atoms with Crippen molar-refractivity contribution in [2.45, 2.75) is 19.9 Å². The van der Waals surface area contributed by atoms with Gasteiger partial charge in [0.15, 0.2) is 11.5 Å². The first kappa shape index (κ1) is 15.4. The van der Waals surface area contributed by atoms with Crippen LogP contribution in [0.2, 0.25) is 0 Å². The number of imidazole rings is 1. The van der Waals surface area contributed by atoms with Crippen LogP contribution in [0, 0.1) is 0 Å². The van der Waals surface area contributed by atoms with Crippen molar-refractivity contribution in [1.29, 1.82) is 0 Å². The van der Waals surface area contributed by atoms with Gasteiger partial charge in [-0.3, -0.25) is 0 Å². The second kappa shape index (κ2) is 7.69. The van der Waals surface area contributed by atoms with Crippen LogP contribution < -0.4 is 14.8 Å². The largest absolute Gasteiger partial charge is 0.493 e. The lowest BCUT2D eigenvalue weighted by molar-refractivity contribution is 0.294. The van der Waals surface area contributed by atoms with Crippen molar-refractivity contribution in [3.8, 4) is 11.5 Å². The van der Waals surface area contributed by atoms with Crippen LogP contribution >= 0.6 is 0 Å². The van der Waals surface area contributed by atoms with Crippen LogP contribution in [0.25, 0.3) is 0 Å². The number of hydrogen-bond donors (Lipinski definition) is 1. The molecule has 0 saturated heterocycles. The zero-order valence-corrected chi connectivity index (χ0v) is 12.9. The smallest absolute Gasteiger partial charge is 0.161 e. The van der Waals surface area contributed by atoms with Crippen LogP contribution in [0.1, 0.15) is 18.3 Å². The van der Waals surface area contributed by atoms with Gasteiger partial charge < -0.3 is 19.4 Å². The highest BCUT2D eigenvalue weighted by Crippen LogP contribution is 2.28. The van der Waals surface area contributed by atoms with Gasteiger partial charge in [-0.15, -0.1) is 0 Å². The molecular weight excluding hydrogens is 266 g/mol. The van der Waals surface area contributed by atoms with E-state index >= 15 is 0 Å². The van der Waals surface area contributed by atoms with E-state index in [0.717, 1.165) is 36.8 Å². The molecule has 21 heavy (non-hydrogen) atoms. The standard InChI is InChI=1S/C16H23N3O2/c1-4-17-12-13-5-6-14(20-3)15(11-13)21-10-7-16-18-8-9-19(16)2/h5-6,8-9,11,17H,4,7,10,12H2,1-3H3. The lowest BCUT2D eigenvalue weighted by Crippen LogP contribution is -2.12. The monoisotopic (exact) mass is 289 g/mol. The van der Waals surface area contributed by atoms with Crippen LogP contribution in [-0.2, 0) is 20.0 Å². The highest BCUT2D eigenvalue weighted by molar-refractivity contribution is 5.43. The Bertz CT molecular complexity index is 566. The summed E-state index contributed by atoms with van der Waals surface area (Å²) >= 11 is 0. The molecule has 0 radical (unpaired) electrons. The van der Waals surface area contributed by atoms with Crippen LogP contribution in [-0.4, -0.2) is 29.8 Å². The van der Waals surface area contributed by atoms with Crippen molar-refractivity contribution in [3.63, 3.8) is 0 Å². The average Bonchev–Trinajstić information content (AvgIpc) is 2.91. The first-order valence-electron chi connectivity index (χ1n) is 7.21. The van der Waals surface area contributed by atoms with E-state index in [4.69, 9.17) is 9.47 Å². The Morgan fingerprint density at radius 2 is 2.14 bits per heavy atom. The Morgan fingerprint density at radius 3 is 2.81 bits per heavy atom. The van der Waals surface area contributed by atoms with Crippen LogP contribution in [0.5, 0.6) is 11.5 Å². The van der Waals surface area contributed by atoms with Gasteiger partial charge >= 0.3 is 0 Å². The molecule has 0 fully saturated rings. The minimum absolute atomic E-state index is 0.575. The Labute approximate surface area is 125 Å². The minimum atomic E-state index is 0.575. The van der Waals surface area contributed by atoms with E-state index in [9.17, 15) is 0 Å². The number of rotatable bonds is 8. The van der Waals surface area contributed by atoms with Gasteiger partial charge in [0.2, 0.25) is 0 Å². The van der Waals surface area contributed by atoms with Gasteiger partial charge in [0.05, 0.1) is 13.7 Å². The van der Waals surface area contributed by atoms with Crippen LogP contribution in [0.3, 0.4) is 0 Å². The lowest BCUT2D eigenvalue weighted by atomic mass is 10.2. The summed E-state index contributed by atoms with van der Waals surface area (Å²) in [5.74, 6) is 2.55. The van der Waals surface area contributed by atoms with Crippen molar-refractivity contribution >= 4 is 0 Å². The van der Waals surface area contributed by atoms with Gasteiger partial charge in [-0.25, -0.2) is 4.98 Å². The van der Waals surface area contributed by atoms with Gasteiger partial charge in [-0.1, -0.05) is 13.0 Å². The van der Waals surface area contributed by atoms with E-state index in [1.54, 1.807) is 13.3 Å². The number of nitrogens with zero attached hydrogens (tertiary/aromatic N) is 2. The molecule has 5 heteroatoms. The topological polar surface area (TPSA) is 48.3 Å². The summed E-state index contributed by atoms with van der Waals surface area (Å²) in [5.41, 5.74) is 1.18. The molecule has 5 nitrogen and oxygen atoms in total. The summed E-state index contributed by atoms with van der Waals surface area (Å²) in [6, 6.07) is 6.02. The van der Waals surface area contributed by atoms with Gasteiger partial charge in [-0.05, 0) is 24.2 Å². The second-order valence-electron chi connectivity index (χ2n) is 4.82. The third-order valence-corrected chi connectivity index (χ3v) is 3.31. The Hall–Kier alpha value is -2.01. The number of methoxy groups -OCH3 is 1. The van der Waals surface area contributed by atoms with E-state index in [1.807, 2.05) is 36.0 Å². The summed E-state index contributed by atoms with van der Waals surface area (Å²) in [7, 11) is 3.64. The Kier molecular flexibility index (Phi) is 5.63. The average molecular weight is 289 g/mol. The molecule has 2 aromatic rings. The number of aryl methyl sites for hydroxylation is 1. The molecule has 0 saturated carbocycles. The third-order valence-electron chi connectivity index (χ3n) is 3.31. The van der Waals surface area contributed by atoms with Gasteiger partial charge in [-0.2, -0.15) is 0 Å². The summed E-state index contributed by atoms with van der Waals surface area (Å²) in [6.07, 6.45) is 4.50. The molecule has 114 valence electrons. The molecule has 1 aromatic carbocycles. The fraction of sp³-hybridized carbons (Fsp3) is 0.438. The molecule has 0 spiro atoms. The van der Waals surface area contributed by atoms with E-state index in [-0.39, 0.29) is 0 Å². The molecule has 0 amide bonds. The molecule has 1 N–H and O–H groups in total. The van der Waals surface area contributed by atoms with E-state index in [1.165, 1.54) is 5.56 Å². The summed E-state index contributed by atoms with van der Waals surface area (Å²) < 4.78 is 13.2. The van der Waals surface area contributed by atoms with Gasteiger partial charge in [0.1, 0.15) is 5.82 Å². The normalized spacial score (nSPS) is 10.6.